The maximum absolute atomic E-state index is 8.03. The van der Waals surface area contributed by atoms with Crippen molar-refractivity contribution in [3.63, 3.8) is 0 Å². The van der Waals surface area contributed by atoms with Gasteiger partial charge in [-0.3, -0.25) is 0 Å². The van der Waals surface area contributed by atoms with Crippen LogP contribution in [0.15, 0.2) is 71.3 Å². The Morgan fingerprint density at radius 1 is 0.871 bits per heavy atom. The Balaban J connectivity index is 1.71. The molecule has 150 valence electrons. The molecular weight excluding hydrogens is 380 g/mol. The zero-order valence-corrected chi connectivity index (χ0v) is 17.2. The lowest BCUT2D eigenvalue weighted by Gasteiger charge is -2.08. The van der Waals surface area contributed by atoms with E-state index in [9.17, 15) is 0 Å². The number of furan rings is 1. The van der Waals surface area contributed by atoms with Gasteiger partial charge in [-0.1, -0.05) is 30.3 Å². The van der Waals surface area contributed by atoms with Gasteiger partial charge < -0.3 is 4.42 Å². The van der Waals surface area contributed by atoms with Gasteiger partial charge in [-0.25, -0.2) is 9.55 Å². The van der Waals surface area contributed by atoms with Gasteiger partial charge in [0.2, 0.25) is 5.69 Å². The molecule has 0 saturated carbocycles. The Labute approximate surface area is 189 Å². The minimum absolute atomic E-state index is 0.183. The molecule has 0 aliphatic heterocycles. The summed E-state index contributed by atoms with van der Waals surface area (Å²) >= 11 is 0. The van der Waals surface area contributed by atoms with Crippen molar-refractivity contribution in [3.05, 3.63) is 83.6 Å². The fraction of sp³-hybridized carbons (Fsp3) is 0.143. The van der Waals surface area contributed by atoms with Crippen LogP contribution < -0.4 is 4.57 Å². The molecule has 3 heteroatoms. The lowest BCUT2D eigenvalue weighted by Crippen LogP contribution is -2.31. The minimum Gasteiger partial charge on any atom is -0.455 e. The van der Waals surface area contributed by atoms with Gasteiger partial charge in [0, 0.05) is 41.4 Å². The van der Waals surface area contributed by atoms with E-state index in [4.69, 9.17) is 17.6 Å². The van der Waals surface area contributed by atoms with E-state index in [2.05, 4.69) is 6.07 Å². The molecule has 3 nitrogen and oxygen atoms in total. The van der Waals surface area contributed by atoms with Gasteiger partial charge in [0.15, 0.2) is 6.20 Å². The van der Waals surface area contributed by atoms with Crippen LogP contribution in [0.4, 0.5) is 0 Å². The molecule has 31 heavy (non-hydrogen) atoms. The smallest absolute Gasteiger partial charge is 0.216 e. The van der Waals surface area contributed by atoms with Crippen molar-refractivity contribution >= 4 is 43.7 Å². The molecule has 3 heterocycles. The highest BCUT2D eigenvalue weighted by atomic mass is 16.3. The predicted octanol–water partition coefficient (Wildman–Crippen LogP) is 6.70. The van der Waals surface area contributed by atoms with E-state index in [1.807, 2.05) is 55.5 Å². The number of aromatic nitrogens is 2. The van der Waals surface area contributed by atoms with E-state index >= 15 is 0 Å². The molecule has 0 atom stereocenters. The summed E-state index contributed by atoms with van der Waals surface area (Å²) in [5, 5.41) is 3.81. The standard InChI is InChI=1S/C28H23N2O/c1-16-9-10-20-27-21-14-19-7-5-6-8-22(19)29-23(21)11-12-25(27)31-28(20)26(16)24-13-17(2)18(3)15-30(24)4/h5-15H,1-4H3/q+1/i2D3,3D3. The highest BCUT2D eigenvalue weighted by Crippen LogP contribution is 2.40. The Hall–Kier alpha value is -3.72. The summed E-state index contributed by atoms with van der Waals surface area (Å²) in [5.74, 6) is 0. The van der Waals surface area contributed by atoms with Gasteiger partial charge >= 0.3 is 0 Å². The largest absolute Gasteiger partial charge is 0.455 e. The normalized spacial score (nSPS) is 15.5. The number of hydrogen-bond acceptors (Lipinski definition) is 2. The monoisotopic (exact) mass is 409 g/mol. The van der Waals surface area contributed by atoms with Crippen molar-refractivity contribution in [2.45, 2.75) is 20.6 Å². The number of aryl methyl sites for hydroxylation is 4. The minimum atomic E-state index is -2.59. The summed E-state index contributed by atoms with van der Waals surface area (Å²) in [4.78, 5) is 4.84. The second-order valence-corrected chi connectivity index (χ2v) is 8.02. The first-order valence-corrected chi connectivity index (χ1v) is 10.1. The van der Waals surface area contributed by atoms with E-state index in [0.29, 0.717) is 16.9 Å². The van der Waals surface area contributed by atoms with Crippen LogP contribution in [0.1, 0.15) is 24.9 Å². The SMILES string of the molecule is [2H]C([2H])([2H])c1cc(-c2c(C)ccc3c2oc2ccc4nc5ccccc5cc4c23)[n+](C)cc1C([2H])([2H])[2H]. The van der Waals surface area contributed by atoms with E-state index < -0.39 is 13.7 Å². The fourth-order valence-corrected chi connectivity index (χ4v) is 4.50. The quantitative estimate of drug-likeness (QED) is 0.223. The zero-order valence-electron chi connectivity index (χ0n) is 23.2. The summed E-state index contributed by atoms with van der Waals surface area (Å²) in [6.45, 7) is -3.22. The van der Waals surface area contributed by atoms with Crippen LogP contribution in [0.25, 0.3) is 55.0 Å². The van der Waals surface area contributed by atoms with E-state index in [0.717, 1.165) is 43.7 Å². The first-order valence-electron chi connectivity index (χ1n) is 13.1. The lowest BCUT2D eigenvalue weighted by molar-refractivity contribution is -0.660. The highest BCUT2D eigenvalue weighted by Gasteiger charge is 2.22. The highest BCUT2D eigenvalue weighted by molar-refractivity contribution is 6.21. The molecule has 0 unspecified atom stereocenters. The lowest BCUT2D eigenvalue weighted by atomic mass is 9.98. The summed E-state index contributed by atoms with van der Waals surface area (Å²) in [7, 11) is 1.72. The van der Waals surface area contributed by atoms with Crippen LogP contribution in [0.5, 0.6) is 0 Å². The molecule has 0 N–H and O–H groups in total. The molecule has 0 bridgehead atoms. The average molecular weight is 410 g/mol. The molecule has 6 aromatic rings. The topological polar surface area (TPSA) is 29.9 Å². The number of fused-ring (bicyclic) bond motifs is 6. The molecule has 3 aromatic carbocycles. The summed E-state index contributed by atoms with van der Waals surface area (Å²) in [6, 6.07) is 19.4. The van der Waals surface area contributed by atoms with E-state index in [1.54, 1.807) is 11.6 Å². The number of para-hydroxylation sites is 1. The summed E-state index contributed by atoms with van der Waals surface area (Å²) in [6.07, 6.45) is 1.40. The van der Waals surface area contributed by atoms with Gasteiger partial charge in [0.25, 0.3) is 0 Å². The molecule has 0 saturated heterocycles. The number of rotatable bonds is 1. The zero-order chi connectivity index (χ0) is 26.3. The fourth-order valence-electron chi connectivity index (χ4n) is 4.50. The van der Waals surface area contributed by atoms with E-state index in [-0.39, 0.29) is 11.1 Å². The predicted molar refractivity (Wildman–Crippen MR) is 127 cm³/mol. The molecule has 0 amide bonds. The maximum Gasteiger partial charge on any atom is 0.216 e. The van der Waals surface area contributed by atoms with Gasteiger partial charge in [-0.05, 0) is 56.0 Å². The third kappa shape index (κ3) is 2.59. The molecule has 3 aromatic heterocycles. The van der Waals surface area contributed by atoms with Gasteiger partial charge in [0.05, 0.1) is 16.6 Å². The van der Waals surface area contributed by atoms with Crippen LogP contribution in [0.3, 0.4) is 0 Å². The van der Waals surface area contributed by atoms with Gasteiger partial charge in [0.1, 0.15) is 18.2 Å². The molecule has 0 radical (unpaired) electrons. The molecule has 6 rings (SSSR count). The molecule has 0 fully saturated rings. The van der Waals surface area contributed by atoms with Crippen molar-refractivity contribution in [2.75, 3.05) is 0 Å². The van der Waals surface area contributed by atoms with Crippen molar-refractivity contribution in [2.24, 2.45) is 7.05 Å². The van der Waals surface area contributed by atoms with Crippen LogP contribution in [0, 0.1) is 20.6 Å². The third-order valence-electron chi connectivity index (χ3n) is 6.04. The Bertz CT molecular complexity index is 1880. The molecule has 0 aliphatic carbocycles. The number of nitrogens with zero attached hydrogens (tertiary/aromatic N) is 2. The maximum atomic E-state index is 8.03. The Morgan fingerprint density at radius 2 is 1.74 bits per heavy atom. The van der Waals surface area contributed by atoms with Crippen molar-refractivity contribution in [1.82, 2.24) is 4.98 Å². The molecule has 0 spiro atoms. The van der Waals surface area contributed by atoms with Crippen molar-refractivity contribution in [3.8, 4) is 11.3 Å². The molecular formula is C28H23N2O+. The van der Waals surface area contributed by atoms with Crippen LogP contribution >= 0.6 is 0 Å². The second-order valence-electron chi connectivity index (χ2n) is 8.02. The first kappa shape index (κ1) is 12.9. The Kier molecular flexibility index (Phi) is 2.65. The average Bonchev–Trinajstić information content (AvgIpc) is 3.20. The molecule has 0 aliphatic rings. The van der Waals surface area contributed by atoms with Crippen molar-refractivity contribution < 1.29 is 17.2 Å². The second kappa shape index (κ2) is 6.39. The van der Waals surface area contributed by atoms with Gasteiger partial charge in [-0.2, -0.15) is 0 Å². The van der Waals surface area contributed by atoms with E-state index in [1.165, 1.54) is 12.3 Å². The van der Waals surface area contributed by atoms with Crippen LogP contribution in [-0.4, -0.2) is 4.98 Å². The number of pyridine rings is 2. The third-order valence-corrected chi connectivity index (χ3v) is 6.04. The first-order chi connectivity index (χ1) is 17.4. The van der Waals surface area contributed by atoms with Crippen LogP contribution in [0.2, 0.25) is 0 Å². The van der Waals surface area contributed by atoms with Crippen LogP contribution in [-0.2, 0) is 7.05 Å². The summed E-state index contributed by atoms with van der Waals surface area (Å²) < 4.78 is 55.8. The number of benzene rings is 3. The van der Waals surface area contributed by atoms with Crippen molar-refractivity contribution in [1.29, 1.82) is 0 Å². The Morgan fingerprint density at radius 3 is 2.61 bits per heavy atom. The summed E-state index contributed by atoms with van der Waals surface area (Å²) in [5.41, 5.74) is 4.88. The van der Waals surface area contributed by atoms with Gasteiger partial charge in [-0.15, -0.1) is 0 Å². The number of hydrogen-bond donors (Lipinski definition) is 0.